The first kappa shape index (κ1) is 13.1. The monoisotopic (exact) mass is 259 g/mol. The molecule has 1 heterocycles. The third-order valence-corrected chi connectivity index (χ3v) is 2.96. The van der Waals surface area contributed by atoms with Crippen LogP contribution >= 0.6 is 0 Å². The summed E-state index contributed by atoms with van der Waals surface area (Å²) in [5, 5.41) is 12.4. The van der Waals surface area contributed by atoms with Crippen molar-refractivity contribution in [2.45, 2.75) is 26.4 Å². The number of aryl methyl sites for hydroxylation is 2. The van der Waals surface area contributed by atoms with Crippen LogP contribution in [0.2, 0.25) is 0 Å². The van der Waals surface area contributed by atoms with Crippen LogP contribution in [0.25, 0.3) is 0 Å². The molecule has 100 valence electrons. The Morgan fingerprint density at radius 2 is 2.32 bits per heavy atom. The molecule has 0 radical (unpaired) electrons. The molecular formula is C14H17N3O2. The molecule has 2 aromatic rings. The number of aromatic nitrogens is 2. The molecule has 0 saturated heterocycles. The molecule has 5 nitrogen and oxygen atoms in total. The molecule has 0 fully saturated rings. The van der Waals surface area contributed by atoms with Crippen LogP contribution in [0.1, 0.15) is 24.2 Å². The summed E-state index contributed by atoms with van der Waals surface area (Å²) in [7, 11) is 0. The van der Waals surface area contributed by atoms with Gasteiger partial charge in [-0.2, -0.15) is 0 Å². The molecular weight excluding hydrogens is 242 g/mol. The van der Waals surface area contributed by atoms with Crippen molar-refractivity contribution in [2.24, 2.45) is 0 Å². The highest BCUT2D eigenvalue weighted by Gasteiger charge is 2.23. The van der Waals surface area contributed by atoms with Crippen molar-refractivity contribution in [1.29, 1.82) is 0 Å². The summed E-state index contributed by atoms with van der Waals surface area (Å²) in [4.78, 5) is 15.5. The second kappa shape index (κ2) is 5.56. The van der Waals surface area contributed by atoms with E-state index in [-0.39, 0.29) is 0 Å². The Labute approximate surface area is 111 Å². The number of carbonyl (C=O) groups is 1. The molecule has 2 rings (SSSR count). The number of benzene rings is 1. The minimum Gasteiger partial charge on any atom is -0.479 e. The number of aliphatic carboxylic acids is 1. The number of anilines is 1. The van der Waals surface area contributed by atoms with Gasteiger partial charge in [-0.25, -0.2) is 9.78 Å². The van der Waals surface area contributed by atoms with Crippen LogP contribution < -0.4 is 5.32 Å². The van der Waals surface area contributed by atoms with E-state index in [0.29, 0.717) is 12.2 Å². The van der Waals surface area contributed by atoms with Gasteiger partial charge in [-0.15, -0.1) is 0 Å². The molecule has 0 aliphatic carbocycles. The zero-order chi connectivity index (χ0) is 13.8. The minimum atomic E-state index is -0.920. The summed E-state index contributed by atoms with van der Waals surface area (Å²) < 4.78 is 1.82. The van der Waals surface area contributed by atoms with Crippen molar-refractivity contribution in [2.75, 3.05) is 5.32 Å². The van der Waals surface area contributed by atoms with Crippen molar-refractivity contribution in [3.05, 3.63) is 48.0 Å². The summed E-state index contributed by atoms with van der Waals surface area (Å²) in [6, 6.07) is 6.84. The number of carboxylic acid groups (broad SMARTS) is 1. The maximum atomic E-state index is 11.5. The van der Waals surface area contributed by atoms with E-state index < -0.39 is 12.0 Å². The van der Waals surface area contributed by atoms with Gasteiger partial charge < -0.3 is 15.0 Å². The Balaban J connectivity index is 2.29. The van der Waals surface area contributed by atoms with E-state index in [9.17, 15) is 9.90 Å². The zero-order valence-corrected chi connectivity index (χ0v) is 11.0. The van der Waals surface area contributed by atoms with E-state index in [1.807, 2.05) is 42.7 Å². The van der Waals surface area contributed by atoms with Crippen molar-refractivity contribution in [3.63, 3.8) is 0 Å². The third kappa shape index (κ3) is 2.93. The van der Waals surface area contributed by atoms with E-state index in [2.05, 4.69) is 10.3 Å². The molecule has 1 atom stereocenters. The lowest BCUT2D eigenvalue weighted by Crippen LogP contribution is -2.23. The first-order chi connectivity index (χ1) is 9.11. The molecule has 0 saturated carbocycles. The van der Waals surface area contributed by atoms with E-state index in [0.717, 1.165) is 11.3 Å². The molecule has 5 heteroatoms. The van der Waals surface area contributed by atoms with Crippen molar-refractivity contribution >= 4 is 11.7 Å². The first-order valence-electron chi connectivity index (χ1n) is 6.18. The minimum absolute atomic E-state index is 0.650. The largest absolute Gasteiger partial charge is 0.479 e. The fourth-order valence-electron chi connectivity index (χ4n) is 2.00. The number of hydrogen-bond donors (Lipinski definition) is 2. The Morgan fingerprint density at radius 1 is 1.53 bits per heavy atom. The first-order valence-corrected chi connectivity index (χ1v) is 6.18. The summed E-state index contributed by atoms with van der Waals surface area (Å²) in [6.07, 6.45) is 3.23. The predicted molar refractivity (Wildman–Crippen MR) is 73.1 cm³/mol. The quantitative estimate of drug-likeness (QED) is 0.865. The fourth-order valence-corrected chi connectivity index (χ4v) is 2.00. The van der Waals surface area contributed by atoms with Gasteiger partial charge in [0.25, 0.3) is 0 Å². The second-order valence-electron chi connectivity index (χ2n) is 4.39. The van der Waals surface area contributed by atoms with E-state index in [1.54, 1.807) is 12.5 Å². The van der Waals surface area contributed by atoms with Crippen LogP contribution in [-0.4, -0.2) is 20.6 Å². The highest BCUT2D eigenvalue weighted by atomic mass is 16.4. The standard InChI is InChI=1S/C14H17N3O2/c1-3-17-9-15-8-12(17)13(14(18)19)16-11-6-4-5-10(2)7-11/h4-9,13,16H,3H2,1-2H3,(H,18,19). The van der Waals surface area contributed by atoms with Crippen LogP contribution in [0.3, 0.4) is 0 Å². The molecule has 19 heavy (non-hydrogen) atoms. The predicted octanol–water partition coefficient (Wildman–Crippen LogP) is 2.45. The fraction of sp³-hybridized carbons (Fsp3) is 0.286. The average Bonchev–Trinajstić information content (AvgIpc) is 2.83. The summed E-state index contributed by atoms with van der Waals surface area (Å²) >= 11 is 0. The van der Waals surface area contributed by atoms with Crippen LogP contribution in [0.5, 0.6) is 0 Å². The van der Waals surface area contributed by atoms with E-state index >= 15 is 0 Å². The lowest BCUT2D eigenvalue weighted by molar-refractivity contribution is -0.138. The van der Waals surface area contributed by atoms with Crippen molar-refractivity contribution in [1.82, 2.24) is 9.55 Å². The van der Waals surface area contributed by atoms with Crippen LogP contribution in [-0.2, 0) is 11.3 Å². The number of nitrogens with one attached hydrogen (secondary N) is 1. The highest BCUT2D eigenvalue weighted by Crippen LogP contribution is 2.20. The van der Waals surface area contributed by atoms with Crippen molar-refractivity contribution < 1.29 is 9.90 Å². The Morgan fingerprint density at radius 3 is 2.95 bits per heavy atom. The van der Waals surface area contributed by atoms with Gasteiger partial charge in [-0.05, 0) is 31.5 Å². The van der Waals surface area contributed by atoms with Gasteiger partial charge in [0.05, 0.1) is 18.2 Å². The molecule has 0 amide bonds. The van der Waals surface area contributed by atoms with Gasteiger partial charge in [-0.1, -0.05) is 12.1 Å². The number of imidazole rings is 1. The molecule has 0 aliphatic rings. The van der Waals surface area contributed by atoms with Gasteiger partial charge in [0.15, 0.2) is 6.04 Å². The Hall–Kier alpha value is -2.30. The molecule has 1 unspecified atom stereocenters. The number of carboxylic acids is 1. The van der Waals surface area contributed by atoms with Crippen LogP contribution in [0, 0.1) is 6.92 Å². The molecule has 0 spiro atoms. The summed E-state index contributed by atoms with van der Waals surface area (Å²) in [5.41, 5.74) is 2.52. The maximum Gasteiger partial charge on any atom is 0.332 e. The van der Waals surface area contributed by atoms with Gasteiger partial charge in [0, 0.05) is 12.2 Å². The van der Waals surface area contributed by atoms with Crippen LogP contribution in [0.15, 0.2) is 36.8 Å². The van der Waals surface area contributed by atoms with E-state index in [4.69, 9.17) is 0 Å². The normalized spacial score (nSPS) is 12.1. The van der Waals surface area contributed by atoms with Gasteiger partial charge in [0.2, 0.25) is 0 Å². The maximum absolute atomic E-state index is 11.5. The van der Waals surface area contributed by atoms with Gasteiger partial charge in [0.1, 0.15) is 0 Å². The SMILES string of the molecule is CCn1cncc1C(Nc1cccc(C)c1)C(=O)O. The number of nitrogens with zero attached hydrogens (tertiary/aromatic N) is 2. The average molecular weight is 259 g/mol. The molecule has 1 aromatic carbocycles. The lowest BCUT2D eigenvalue weighted by atomic mass is 10.1. The van der Waals surface area contributed by atoms with Gasteiger partial charge in [-0.3, -0.25) is 0 Å². The number of rotatable bonds is 5. The Kier molecular flexibility index (Phi) is 3.85. The zero-order valence-electron chi connectivity index (χ0n) is 11.0. The highest BCUT2D eigenvalue weighted by molar-refractivity contribution is 5.78. The summed E-state index contributed by atoms with van der Waals surface area (Å²) in [5.74, 6) is -0.920. The molecule has 1 aromatic heterocycles. The summed E-state index contributed by atoms with van der Waals surface area (Å²) in [6.45, 7) is 4.61. The molecule has 0 aliphatic heterocycles. The smallest absolute Gasteiger partial charge is 0.332 e. The number of hydrogen-bond acceptors (Lipinski definition) is 3. The third-order valence-electron chi connectivity index (χ3n) is 2.96. The van der Waals surface area contributed by atoms with Crippen LogP contribution in [0.4, 0.5) is 5.69 Å². The van der Waals surface area contributed by atoms with Crippen molar-refractivity contribution in [3.8, 4) is 0 Å². The molecule has 0 bridgehead atoms. The molecule has 2 N–H and O–H groups in total. The Bertz CT molecular complexity index is 578. The second-order valence-corrected chi connectivity index (χ2v) is 4.39. The van der Waals surface area contributed by atoms with E-state index in [1.165, 1.54) is 0 Å². The topological polar surface area (TPSA) is 67.2 Å². The van der Waals surface area contributed by atoms with Gasteiger partial charge >= 0.3 is 5.97 Å². The lowest BCUT2D eigenvalue weighted by Gasteiger charge is -2.17.